The first kappa shape index (κ1) is 17.8. The summed E-state index contributed by atoms with van der Waals surface area (Å²) in [6, 6.07) is 10.1. The van der Waals surface area contributed by atoms with E-state index in [0.717, 1.165) is 18.4 Å². The molecule has 1 aromatic rings. The molecule has 2 amide bonds. The lowest BCUT2D eigenvalue weighted by molar-refractivity contribution is -0.138. The topological polar surface area (TPSA) is 49.9 Å². The molecule has 0 aliphatic carbocycles. The first-order chi connectivity index (χ1) is 11.7. The summed E-state index contributed by atoms with van der Waals surface area (Å²) in [6.07, 6.45) is 1.89. The van der Waals surface area contributed by atoms with Crippen LogP contribution in [-0.2, 0) is 9.53 Å². The van der Waals surface area contributed by atoms with Crippen molar-refractivity contribution < 1.29 is 14.3 Å². The van der Waals surface area contributed by atoms with Gasteiger partial charge in [0.05, 0.1) is 6.04 Å². The van der Waals surface area contributed by atoms with Crippen LogP contribution in [0.2, 0.25) is 0 Å². The Morgan fingerprint density at radius 2 is 1.84 bits per heavy atom. The molecular formula is C20H28N2O3. The number of amides is 2. The van der Waals surface area contributed by atoms with Crippen LogP contribution in [0.25, 0.3) is 0 Å². The van der Waals surface area contributed by atoms with Gasteiger partial charge in [0.2, 0.25) is 5.91 Å². The van der Waals surface area contributed by atoms with Crippen LogP contribution in [0.15, 0.2) is 30.3 Å². The first-order valence-corrected chi connectivity index (χ1v) is 9.11. The van der Waals surface area contributed by atoms with E-state index in [-0.39, 0.29) is 18.0 Å². The monoisotopic (exact) mass is 344 g/mol. The number of benzene rings is 1. The summed E-state index contributed by atoms with van der Waals surface area (Å²) in [5.41, 5.74) is -0.153. The molecule has 0 unspecified atom stereocenters. The van der Waals surface area contributed by atoms with Crippen molar-refractivity contribution in [1.82, 2.24) is 9.80 Å². The largest absolute Gasteiger partial charge is 0.444 e. The molecule has 25 heavy (non-hydrogen) atoms. The number of rotatable bonds is 2. The van der Waals surface area contributed by atoms with Gasteiger partial charge in [-0.15, -0.1) is 0 Å². The smallest absolute Gasteiger partial charge is 0.411 e. The highest BCUT2D eigenvalue weighted by Crippen LogP contribution is 2.42. The van der Waals surface area contributed by atoms with Crippen molar-refractivity contribution in [2.24, 2.45) is 0 Å². The van der Waals surface area contributed by atoms with Crippen molar-refractivity contribution in [2.75, 3.05) is 13.1 Å². The molecule has 2 aliphatic rings. The molecule has 1 aromatic carbocycles. The van der Waals surface area contributed by atoms with Gasteiger partial charge in [0.25, 0.3) is 0 Å². The fraction of sp³-hybridized carbons (Fsp3) is 0.600. The van der Waals surface area contributed by atoms with E-state index in [2.05, 4.69) is 6.92 Å². The second-order valence-corrected chi connectivity index (χ2v) is 8.10. The molecule has 0 bridgehead atoms. The average Bonchev–Trinajstić information content (AvgIpc) is 3.12. The molecule has 5 nitrogen and oxygen atoms in total. The highest BCUT2D eigenvalue weighted by atomic mass is 16.6. The maximum absolute atomic E-state index is 13.3. The van der Waals surface area contributed by atoms with Crippen molar-refractivity contribution in [3.8, 4) is 0 Å². The Hall–Kier alpha value is -2.04. The van der Waals surface area contributed by atoms with Crippen LogP contribution in [0.4, 0.5) is 4.79 Å². The van der Waals surface area contributed by atoms with Gasteiger partial charge in [-0.2, -0.15) is 0 Å². The average molecular weight is 344 g/mol. The van der Waals surface area contributed by atoms with Gasteiger partial charge in [0.1, 0.15) is 11.1 Å². The minimum atomic E-state index is -0.717. The fourth-order valence-electron chi connectivity index (χ4n) is 4.01. The molecule has 0 N–H and O–H groups in total. The van der Waals surface area contributed by atoms with Crippen molar-refractivity contribution in [3.63, 3.8) is 0 Å². The summed E-state index contributed by atoms with van der Waals surface area (Å²) in [6.45, 7) is 8.89. The van der Waals surface area contributed by atoms with Crippen LogP contribution in [0.5, 0.6) is 0 Å². The van der Waals surface area contributed by atoms with Crippen molar-refractivity contribution >= 4 is 12.0 Å². The summed E-state index contributed by atoms with van der Waals surface area (Å²) in [7, 11) is 0. The van der Waals surface area contributed by atoms with Gasteiger partial charge in [-0.3, -0.25) is 9.69 Å². The lowest BCUT2D eigenvalue weighted by Crippen LogP contribution is -2.54. The second kappa shape index (κ2) is 6.36. The third-order valence-electron chi connectivity index (χ3n) is 5.28. The number of ether oxygens (including phenoxy) is 1. The highest BCUT2D eigenvalue weighted by molar-refractivity contribution is 5.92. The normalized spacial score (nSPS) is 24.9. The lowest BCUT2D eigenvalue weighted by atomic mass is 9.94. The van der Waals surface area contributed by atoms with Gasteiger partial charge in [-0.1, -0.05) is 30.3 Å². The summed E-state index contributed by atoms with van der Waals surface area (Å²) in [5.74, 6) is 0.0622. The Kier molecular flexibility index (Phi) is 4.52. The Labute approximate surface area is 149 Å². The molecular weight excluding hydrogens is 316 g/mol. The minimum Gasteiger partial charge on any atom is -0.444 e. The Morgan fingerprint density at radius 3 is 2.48 bits per heavy atom. The standard InChI is InChI=1S/C20H28N2O3/c1-15(16-9-6-5-7-10-16)21-14-12-20(17(21)23)11-8-13-22(20)18(24)25-19(2,3)4/h5-7,9-10,15H,8,11-14H2,1-4H3/t15-,20+/m1/s1. The van der Waals surface area contributed by atoms with Crippen LogP contribution in [0.3, 0.4) is 0 Å². The molecule has 0 radical (unpaired) electrons. The maximum Gasteiger partial charge on any atom is 0.411 e. The summed E-state index contributed by atoms with van der Waals surface area (Å²) in [4.78, 5) is 29.5. The van der Waals surface area contributed by atoms with Crippen LogP contribution >= 0.6 is 0 Å². The molecule has 0 aromatic heterocycles. The first-order valence-electron chi connectivity index (χ1n) is 9.11. The predicted molar refractivity (Wildman–Crippen MR) is 96.1 cm³/mol. The third-order valence-corrected chi connectivity index (χ3v) is 5.28. The Bertz CT molecular complexity index is 653. The highest BCUT2D eigenvalue weighted by Gasteiger charge is 2.56. The molecule has 2 fully saturated rings. The van der Waals surface area contributed by atoms with Gasteiger partial charge < -0.3 is 9.64 Å². The van der Waals surface area contributed by atoms with E-state index in [1.165, 1.54) is 0 Å². The number of likely N-dealkylation sites (tertiary alicyclic amines) is 2. The molecule has 2 saturated heterocycles. The second-order valence-electron chi connectivity index (χ2n) is 8.10. The number of hydrogen-bond acceptors (Lipinski definition) is 3. The SMILES string of the molecule is C[C@H](c1ccccc1)N1CC[C@@]2(CCCN2C(=O)OC(C)(C)C)C1=O. The summed E-state index contributed by atoms with van der Waals surface area (Å²) < 4.78 is 5.55. The van der Waals surface area contributed by atoms with E-state index in [0.29, 0.717) is 19.5 Å². The van der Waals surface area contributed by atoms with E-state index < -0.39 is 11.1 Å². The third kappa shape index (κ3) is 3.24. The van der Waals surface area contributed by atoms with E-state index >= 15 is 0 Å². The zero-order valence-corrected chi connectivity index (χ0v) is 15.6. The number of nitrogens with zero attached hydrogens (tertiary/aromatic N) is 2. The minimum absolute atomic E-state index is 0.00848. The Balaban J connectivity index is 1.80. The summed E-state index contributed by atoms with van der Waals surface area (Å²) in [5, 5.41) is 0. The zero-order valence-electron chi connectivity index (χ0n) is 15.6. The molecule has 2 heterocycles. The summed E-state index contributed by atoms with van der Waals surface area (Å²) >= 11 is 0. The number of carbonyl (C=O) groups excluding carboxylic acids is 2. The van der Waals surface area contributed by atoms with E-state index in [1.54, 1.807) is 4.90 Å². The van der Waals surface area contributed by atoms with E-state index in [9.17, 15) is 9.59 Å². The van der Waals surface area contributed by atoms with Crippen LogP contribution in [0.1, 0.15) is 58.6 Å². The number of carbonyl (C=O) groups is 2. The van der Waals surface area contributed by atoms with Crippen molar-refractivity contribution in [1.29, 1.82) is 0 Å². The molecule has 3 rings (SSSR count). The van der Waals surface area contributed by atoms with Crippen molar-refractivity contribution in [2.45, 2.75) is 64.1 Å². The van der Waals surface area contributed by atoms with Crippen molar-refractivity contribution in [3.05, 3.63) is 35.9 Å². The molecule has 5 heteroatoms. The lowest BCUT2D eigenvalue weighted by Gasteiger charge is -2.35. The maximum atomic E-state index is 13.3. The molecule has 1 spiro atoms. The van der Waals surface area contributed by atoms with Gasteiger partial charge in [0, 0.05) is 13.1 Å². The van der Waals surface area contributed by atoms with Gasteiger partial charge in [-0.25, -0.2) is 4.79 Å². The molecule has 136 valence electrons. The van der Waals surface area contributed by atoms with Gasteiger partial charge >= 0.3 is 6.09 Å². The van der Waals surface area contributed by atoms with Crippen LogP contribution in [0, 0.1) is 0 Å². The number of hydrogen-bond donors (Lipinski definition) is 0. The Morgan fingerprint density at radius 1 is 1.16 bits per heavy atom. The van der Waals surface area contributed by atoms with Crippen LogP contribution < -0.4 is 0 Å². The molecule has 2 aliphatic heterocycles. The zero-order chi connectivity index (χ0) is 18.2. The van der Waals surface area contributed by atoms with Crippen LogP contribution in [-0.4, -0.2) is 46.0 Å². The molecule has 0 saturated carbocycles. The molecule has 2 atom stereocenters. The van der Waals surface area contributed by atoms with Gasteiger partial charge in [0.15, 0.2) is 0 Å². The quantitative estimate of drug-likeness (QED) is 0.821. The van der Waals surface area contributed by atoms with Gasteiger partial charge in [-0.05, 0) is 52.5 Å². The fourth-order valence-corrected chi connectivity index (χ4v) is 4.01. The van der Waals surface area contributed by atoms with E-state index in [1.807, 2.05) is 56.0 Å². The van der Waals surface area contributed by atoms with E-state index in [4.69, 9.17) is 4.74 Å². The predicted octanol–water partition coefficient (Wildman–Crippen LogP) is 3.75.